The second-order valence-electron chi connectivity index (χ2n) is 10.8. The van der Waals surface area contributed by atoms with Crippen LogP contribution < -0.4 is 0 Å². The molecule has 0 spiro atoms. The molecule has 176 valence electrons. The standard InChI is InChI=1S/C36H32/c1-4-12-26(13-5-1)32-18-10-16-28-22-30(24-34(28)32)36(20-8-3-9-21-36)31-23-29-17-11-19-33(35(29)25-31)27-14-6-2-7-15-27/h1-2,4-7,10-19,24-25H,3,8-9,20-23H2. The molecule has 4 aromatic carbocycles. The molecule has 0 N–H and O–H groups in total. The third-order valence-electron chi connectivity index (χ3n) is 8.90. The smallest absolute Gasteiger partial charge is 0.0134 e. The van der Waals surface area contributed by atoms with E-state index in [1.54, 1.807) is 11.1 Å². The first-order chi connectivity index (χ1) is 17.8. The molecule has 3 aliphatic carbocycles. The monoisotopic (exact) mass is 464 g/mol. The van der Waals surface area contributed by atoms with E-state index in [0.717, 1.165) is 12.8 Å². The third-order valence-corrected chi connectivity index (χ3v) is 8.90. The Labute approximate surface area is 215 Å². The molecular formula is C36H32. The molecule has 0 atom stereocenters. The molecular weight excluding hydrogens is 432 g/mol. The van der Waals surface area contributed by atoms with Gasteiger partial charge >= 0.3 is 0 Å². The van der Waals surface area contributed by atoms with Crippen LogP contribution in [0.5, 0.6) is 0 Å². The predicted octanol–water partition coefficient (Wildman–Crippen LogP) is 9.55. The maximum Gasteiger partial charge on any atom is 0.0134 e. The topological polar surface area (TPSA) is 0 Å². The first-order valence-corrected chi connectivity index (χ1v) is 13.6. The number of hydrogen-bond donors (Lipinski definition) is 0. The number of allylic oxidation sites excluding steroid dienone is 2. The normalized spacial score (nSPS) is 17.8. The van der Waals surface area contributed by atoms with Gasteiger partial charge in [0.1, 0.15) is 0 Å². The van der Waals surface area contributed by atoms with Crippen molar-refractivity contribution >= 4 is 12.2 Å². The van der Waals surface area contributed by atoms with E-state index in [-0.39, 0.29) is 5.41 Å². The molecule has 0 unspecified atom stereocenters. The summed E-state index contributed by atoms with van der Waals surface area (Å²) in [6, 6.07) is 35.7. The minimum Gasteiger partial charge on any atom is -0.0622 e. The lowest BCUT2D eigenvalue weighted by Crippen LogP contribution is -2.29. The zero-order chi connectivity index (χ0) is 24.0. The van der Waals surface area contributed by atoms with Gasteiger partial charge in [-0.1, -0.05) is 140 Å². The van der Waals surface area contributed by atoms with E-state index in [1.807, 2.05) is 0 Å². The van der Waals surface area contributed by atoms with Gasteiger partial charge < -0.3 is 0 Å². The van der Waals surface area contributed by atoms with Crippen LogP contribution in [0, 0.1) is 5.41 Å². The first-order valence-electron chi connectivity index (χ1n) is 13.6. The average molecular weight is 465 g/mol. The second-order valence-corrected chi connectivity index (χ2v) is 10.8. The molecule has 0 saturated heterocycles. The van der Waals surface area contributed by atoms with Crippen LogP contribution in [0.25, 0.3) is 34.4 Å². The van der Waals surface area contributed by atoms with E-state index in [9.17, 15) is 0 Å². The van der Waals surface area contributed by atoms with Crippen molar-refractivity contribution in [2.45, 2.75) is 44.9 Å². The highest BCUT2D eigenvalue weighted by Gasteiger charge is 2.42. The number of hydrogen-bond acceptors (Lipinski definition) is 0. The van der Waals surface area contributed by atoms with Gasteiger partial charge in [-0.2, -0.15) is 0 Å². The quantitative estimate of drug-likeness (QED) is 0.282. The molecule has 1 saturated carbocycles. The minimum atomic E-state index is 0.193. The second kappa shape index (κ2) is 8.79. The lowest BCUT2D eigenvalue weighted by molar-refractivity contribution is 0.286. The van der Waals surface area contributed by atoms with Crippen molar-refractivity contribution in [3.05, 3.63) is 130 Å². The number of fused-ring (bicyclic) bond motifs is 2. The highest BCUT2D eigenvalue weighted by atomic mass is 14.5. The molecule has 0 amide bonds. The zero-order valence-electron chi connectivity index (χ0n) is 20.8. The summed E-state index contributed by atoms with van der Waals surface area (Å²) < 4.78 is 0. The Bertz CT molecular complexity index is 1370. The average Bonchev–Trinajstić information content (AvgIpc) is 3.60. The van der Waals surface area contributed by atoms with E-state index in [1.165, 1.54) is 76.6 Å². The van der Waals surface area contributed by atoms with Gasteiger partial charge in [0, 0.05) is 5.41 Å². The van der Waals surface area contributed by atoms with Gasteiger partial charge in [-0.05, 0) is 70.2 Å². The highest BCUT2D eigenvalue weighted by Crippen LogP contribution is 2.55. The largest absolute Gasteiger partial charge is 0.0622 e. The van der Waals surface area contributed by atoms with E-state index in [2.05, 4.69) is 109 Å². The minimum absolute atomic E-state index is 0.193. The maximum absolute atomic E-state index is 2.59. The Balaban J connectivity index is 1.33. The molecule has 0 bridgehead atoms. The molecule has 3 aliphatic rings. The van der Waals surface area contributed by atoms with Gasteiger partial charge in [-0.25, -0.2) is 0 Å². The van der Waals surface area contributed by atoms with Crippen molar-refractivity contribution in [3.63, 3.8) is 0 Å². The maximum atomic E-state index is 2.59. The van der Waals surface area contributed by atoms with Gasteiger partial charge in [0.05, 0.1) is 0 Å². The summed E-state index contributed by atoms with van der Waals surface area (Å²) in [6.45, 7) is 0. The molecule has 0 heterocycles. The molecule has 0 heteroatoms. The van der Waals surface area contributed by atoms with E-state index < -0.39 is 0 Å². The summed E-state index contributed by atoms with van der Waals surface area (Å²) in [7, 11) is 0. The Kier molecular flexibility index (Phi) is 5.28. The summed E-state index contributed by atoms with van der Waals surface area (Å²) in [6.07, 6.45) is 14.0. The summed E-state index contributed by atoms with van der Waals surface area (Å²) in [4.78, 5) is 0. The summed E-state index contributed by atoms with van der Waals surface area (Å²) in [5.74, 6) is 0. The van der Waals surface area contributed by atoms with Crippen LogP contribution in [0.1, 0.15) is 54.4 Å². The van der Waals surface area contributed by atoms with Crippen LogP contribution in [0.3, 0.4) is 0 Å². The molecule has 0 aliphatic heterocycles. The Morgan fingerprint density at radius 2 is 0.917 bits per heavy atom. The van der Waals surface area contributed by atoms with Gasteiger partial charge in [0.25, 0.3) is 0 Å². The van der Waals surface area contributed by atoms with Gasteiger partial charge in [0.15, 0.2) is 0 Å². The zero-order valence-corrected chi connectivity index (χ0v) is 20.8. The Morgan fingerprint density at radius 3 is 1.39 bits per heavy atom. The van der Waals surface area contributed by atoms with Gasteiger partial charge in [0.2, 0.25) is 0 Å². The van der Waals surface area contributed by atoms with Crippen LogP contribution in [0.2, 0.25) is 0 Å². The molecule has 0 nitrogen and oxygen atoms in total. The predicted molar refractivity (Wildman–Crippen MR) is 153 cm³/mol. The Hall–Kier alpha value is -3.64. The van der Waals surface area contributed by atoms with Crippen LogP contribution in [-0.2, 0) is 12.8 Å². The van der Waals surface area contributed by atoms with Crippen molar-refractivity contribution in [2.24, 2.45) is 5.41 Å². The van der Waals surface area contributed by atoms with Crippen molar-refractivity contribution in [1.29, 1.82) is 0 Å². The van der Waals surface area contributed by atoms with Crippen molar-refractivity contribution < 1.29 is 0 Å². The molecule has 0 radical (unpaired) electrons. The summed E-state index contributed by atoms with van der Waals surface area (Å²) in [5, 5.41) is 0. The first kappa shape index (κ1) is 21.6. The van der Waals surface area contributed by atoms with Gasteiger partial charge in [-0.3, -0.25) is 0 Å². The molecule has 0 aromatic heterocycles. The van der Waals surface area contributed by atoms with E-state index in [4.69, 9.17) is 0 Å². The molecule has 36 heavy (non-hydrogen) atoms. The van der Waals surface area contributed by atoms with Crippen molar-refractivity contribution in [3.8, 4) is 22.3 Å². The van der Waals surface area contributed by atoms with E-state index in [0.29, 0.717) is 0 Å². The van der Waals surface area contributed by atoms with E-state index >= 15 is 0 Å². The molecule has 1 fully saturated rings. The van der Waals surface area contributed by atoms with Crippen LogP contribution in [0.15, 0.2) is 108 Å². The molecule has 4 aromatic rings. The lowest BCUT2D eigenvalue weighted by Gasteiger charge is -2.40. The number of benzene rings is 4. The van der Waals surface area contributed by atoms with Crippen LogP contribution >= 0.6 is 0 Å². The van der Waals surface area contributed by atoms with Crippen LogP contribution in [-0.4, -0.2) is 0 Å². The summed E-state index contributed by atoms with van der Waals surface area (Å²) in [5.41, 5.74) is 14.8. The highest BCUT2D eigenvalue weighted by molar-refractivity contribution is 5.84. The fourth-order valence-corrected chi connectivity index (χ4v) is 7.09. The Morgan fingerprint density at radius 1 is 0.444 bits per heavy atom. The third kappa shape index (κ3) is 3.51. The SMILES string of the molecule is C1=C(C2(C3=Cc4c(cccc4-c4ccccc4)C3)CCCCC2)Cc2cccc(-c3ccccc3)c21. The fourth-order valence-electron chi connectivity index (χ4n) is 7.09. The van der Waals surface area contributed by atoms with Crippen molar-refractivity contribution in [1.82, 2.24) is 0 Å². The van der Waals surface area contributed by atoms with Crippen LogP contribution in [0.4, 0.5) is 0 Å². The molecule has 7 rings (SSSR count). The lowest BCUT2D eigenvalue weighted by atomic mass is 9.63. The number of rotatable bonds is 4. The summed E-state index contributed by atoms with van der Waals surface area (Å²) >= 11 is 0. The fraction of sp³-hybridized carbons (Fsp3) is 0.222. The van der Waals surface area contributed by atoms with Crippen molar-refractivity contribution in [2.75, 3.05) is 0 Å². The van der Waals surface area contributed by atoms with Gasteiger partial charge in [-0.15, -0.1) is 0 Å².